The third-order valence-corrected chi connectivity index (χ3v) is 3.19. The van der Waals surface area contributed by atoms with Crippen LogP contribution in [0.5, 0.6) is 5.75 Å². The smallest absolute Gasteiger partial charge is 0.432 e. The number of pyridine rings is 1. The Morgan fingerprint density at radius 2 is 1.59 bits per heavy atom. The zero-order valence-corrected chi connectivity index (χ0v) is 12.0. The normalized spacial score (nSPS) is 11.8. The molecular formula is C13H6Cl2F5NO. The maximum Gasteiger partial charge on any atom is 0.433 e. The van der Waals surface area contributed by atoms with E-state index in [1.54, 1.807) is 0 Å². The molecule has 0 atom stereocenters. The van der Waals surface area contributed by atoms with Crippen LogP contribution in [-0.4, -0.2) is 11.6 Å². The second-order valence-corrected chi connectivity index (χ2v) is 4.83. The van der Waals surface area contributed by atoms with Crippen molar-refractivity contribution in [3.63, 3.8) is 0 Å². The Labute approximate surface area is 131 Å². The molecule has 2 rings (SSSR count). The average molecular weight is 358 g/mol. The van der Waals surface area contributed by atoms with Gasteiger partial charge < -0.3 is 4.74 Å². The van der Waals surface area contributed by atoms with Crippen LogP contribution in [0.25, 0.3) is 11.3 Å². The number of rotatable bonds is 3. The molecule has 0 saturated carbocycles. The van der Waals surface area contributed by atoms with Gasteiger partial charge in [-0.05, 0) is 24.3 Å². The first kappa shape index (κ1) is 16.8. The summed E-state index contributed by atoms with van der Waals surface area (Å²) in [6.45, 7) is -3.24. The number of benzene rings is 1. The Morgan fingerprint density at radius 1 is 1.00 bits per heavy atom. The van der Waals surface area contributed by atoms with Gasteiger partial charge in [-0.3, -0.25) is 0 Å². The van der Waals surface area contributed by atoms with Crippen LogP contribution >= 0.6 is 23.2 Å². The van der Waals surface area contributed by atoms with E-state index in [1.807, 2.05) is 0 Å². The summed E-state index contributed by atoms with van der Waals surface area (Å²) in [5.41, 5.74) is -1.90. The fourth-order valence-electron chi connectivity index (χ4n) is 1.70. The minimum atomic E-state index is -4.76. The molecule has 0 spiro atoms. The van der Waals surface area contributed by atoms with E-state index in [9.17, 15) is 22.0 Å². The summed E-state index contributed by atoms with van der Waals surface area (Å²) in [6, 6.07) is 5.42. The van der Waals surface area contributed by atoms with Crippen LogP contribution in [0.2, 0.25) is 10.0 Å². The quantitative estimate of drug-likeness (QED) is 0.659. The van der Waals surface area contributed by atoms with Crippen LogP contribution in [0.3, 0.4) is 0 Å². The van der Waals surface area contributed by atoms with E-state index < -0.39 is 29.9 Å². The Morgan fingerprint density at radius 3 is 2.09 bits per heavy atom. The standard InChI is InChI=1S/C13H6Cl2F5NO/c14-6-2-1-3-7(15)10(6)11-8(22-12(16)17)4-5-9(21-11)13(18,19)20/h1-5,12H. The lowest BCUT2D eigenvalue weighted by Crippen LogP contribution is -2.11. The highest BCUT2D eigenvalue weighted by molar-refractivity contribution is 6.39. The summed E-state index contributed by atoms with van der Waals surface area (Å²) >= 11 is 11.8. The zero-order chi connectivity index (χ0) is 16.5. The zero-order valence-electron chi connectivity index (χ0n) is 10.5. The highest BCUT2D eigenvalue weighted by atomic mass is 35.5. The van der Waals surface area contributed by atoms with Gasteiger partial charge >= 0.3 is 12.8 Å². The van der Waals surface area contributed by atoms with E-state index in [0.29, 0.717) is 6.07 Å². The van der Waals surface area contributed by atoms with Crippen molar-refractivity contribution < 1.29 is 26.7 Å². The van der Waals surface area contributed by atoms with E-state index in [0.717, 1.165) is 6.07 Å². The lowest BCUT2D eigenvalue weighted by atomic mass is 10.1. The molecule has 9 heteroatoms. The summed E-state index contributed by atoms with van der Waals surface area (Å²) in [5.74, 6) is -0.557. The summed E-state index contributed by atoms with van der Waals surface area (Å²) in [5, 5.41) is -0.0862. The molecule has 0 aliphatic heterocycles. The molecule has 0 amide bonds. The van der Waals surface area contributed by atoms with Gasteiger partial charge in [0.05, 0.1) is 10.0 Å². The summed E-state index contributed by atoms with van der Waals surface area (Å²) < 4.78 is 67.3. The van der Waals surface area contributed by atoms with Crippen molar-refractivity contribution >= 4 is 23.2 Å². The molecule has 0 saturated heterocycles. The van der Waals surface area contributed by atoms with Crippen molar-refractivity contribution in [3.8, 4) is 17.0 Å². The van der Waals surface area contributed by atoms with Crippen LogP contribution < -0.4 is 4.74 Å². The third-order valence-electron chi connectivity index (χ3n) is 2.56. The fourth-order valence-corrected chi connectivity index (χ4v) is 2.27. The number of hydrogen-bond donors (Lipinski definition) is 0. The Kier molecular flexibility index (Phi) is 4.77. The molecule has 0 N–H and O–H groups in total. The molecule has 22 heavy (non-hydrogen) atoms. The lowest BCUT2D eigenvalue weighted by molar-refractivity contribution is -0.141. The van der Waals surface area contributed by atoms with Gasteiger partial charge in [0.1, 0.15) is 11.4 Å². The Balaban J connectivity index is 2.69. The highest BCUT2D eigenvalue weighted by Gasteiger charge is 2.34. The summed E-state index contributed by atoms with van der Waals surface area (Å²) in [6.07, 6.45) is -4.76. The molecule has 2 aromatic rings. The SMILES string of the molecule is FC(F)Oc1ccc(C(F)(F)F)nc1-c1c(Cl)cccc1Cl. The van der Waals surface area contributed by atoms with Crippen molar-refractivity contribution in [3.05, 3.63) is 46.1 Å². The van der Waals surface area contributed by atoms with Crippen molar-refractivity contribution in [1.82, 2.24) is 4.98 Å². The van der Waals surface area contributed by atoms with Gasteiger partial charge in [-0.1, -0.05) is 29.3 Å². The van der Waals surface area contributed by atoms with E-state index >= 15 is 0 Å². The molecule has 1 aromatic carbocycles. The molecule has 0 bridgehead atoms. The van der Waals surface area contributed by atoms with Crippen molar-refractivity contribution in [2.24, 2.45) is 0 Å². The van der Waals surface area contributed by atoms with Crippen LogP contribution in [0.4, 0.5) is 22.0 Å². The van der Waals surface area contributed by atoms with Gasteiger partial charge in [-0.2, -0.15) is 22.0 Å². The second-order valence-electron chi connectivity index (χ2n) is 4.02. The summed E-state index contributed by atoms with van der Waals surface area (Å²) in [7, 11) is 0. The van der Waals surface area contributed by atoms with Gasteiger partial charge in [0.2, 0.25) is 0 Å². The van der Waals surface area contributed by atoms with Gasteiger partial charge in [0.25, 0.3) is 0 Å². The minimum Gasteiger partial charge on any atom is -0.432 e. The molecular weight excluding hydrogens is 352 g/mol. The van der Waals surface area contributed by atoms with Crippen LogP contribution in [0, 0.1) is 0 Å². The molecule has 0 fully saturated rings. The van der Waals surface area contributed by atoms with Crippen LogP contribution in [-0.2, 0) is 6.18 Å². The molecule has 0 aliphatic carbocycles. The summed E-state index contributed by atoms with van der Waals surface area (Å²) in [4.78, 5) is 3.34. The fraction of sp³-hybridized carbons (Fsp3) is 0.154. The van der Waals surface area contributed by atoms with Crippen molar-refractivity contribution in [1.29, 1.82) is 0 Å². The number of ether oxygens (including phenoxy) is 1. The van der Waals surface area contributed by atoms with Gasteiger partial charge in [0.15, 0.2) is 5.75 Å². The maximum absolute atomic E-state index is 12.8. The lowest BCUT2D eigenvalue weighted by Gasteiger charge is -2.15. The predicted molar refractivity (Wildman–Crippen MR) is 71.3 cm³/mol. The van der Waals surface area contributed by atoms with E-state index in [4.69, 9.17) is 23.2 Å². The first-order valence-corrected chi connectivity index (χ1v) is 6.43. The largest absolute Gasteiger partial charge is 0.433 e. The van der Waals surface area contributed by atoms with Crippen molar-refractivity contribution in [2.45, 2.75) is 12.8 Å². The molecule has 0 aliphatic rings. The number of nitrogens with zero attached hydrogens (tertiary/aromatic N) is 1. The number of hydrogen-bond acceptors (Lipinski definition) is 2. The molecule has 2 nitrogen and oxygen atoms in total. The predicted octanol–water partition coefficient (Wildman–Crippen LogP) is 5.68. The first-order valence-electron chi connectivity index (χ1n) is 5.67. The first-order chi connectivity index (χ1) is 10.2. The highest BCUT2D eigenvalue weighted by Crippen LogP contribution is 2.40. The Bertz CT molecular complexity index is 670. The minimum absolute atomic E-state index is 0.0431. The maximum atomic E-state index is 12.8. The third kappa shape index (κ3) is 3.59. The average Bonchev–Trinajstić information content (AvgIpc) is 2.38. The van der Waals surface area contributed by atoms with Gasteiger partial charge in [0, 0.05) is 5.56 Å². The molecule has 118 valence electrons. The number of alkyl halides is 5. The second kappa shape index (κ2) is 6.26. The van der Waals surface area contributed by atoms with Crippen molar-refractivity contribution in [2.75, 3.05) is 0 Å². The van der Waals surface area contributed by atoms with Gasteiger partial charge in [-0.15, -0.1) is 0 Å². The number of aromatic nitrogens is 1. The topological polar surface area (TPSA) is 22.1 Å². The number of halogens is 7. The van der Waals surface area contributed by atoms with E-state index in [-0.39, 0.29) is 15.6 Å². The monoisotopic (exact) mass is 357 g/mol. The van der Waals surface area contributed by atoms with E-state index in [2.05, 4.69) is 9.72 Å². The Hall–Kier alpha value is -1.60. The van der Waals surface area contributed by atoms with E-state index in [1.165, 1.54) is 18.2 Å². The van der Waals surface area contributed by atoms with Gasteiger partial charge in [-0.25, -0.2) is 4.98 Å². The molecule has 0 radical (unpaired) electrons. The molecule has 0 unspecified atom stereocenters. The van der Waals surface area contributed by atoms with Crippen LogP contribution in [0.15, 0.2) is 30.3 Å². The molecule has 1 heterocycles. The van der Waals surface area contributed by atoms with Crippen LogP contribution in [0.1, 0.15) is 5.69 Å². The molecule has 1 aromatic heterocycles.